The summed E-state index contributed by atoms with van der Waals surface area (Å²) in [7, 11) is 0. The Morgan fingerprint density at radius 3 is 3.07 bits per heavy atom. The summed E-state index contributed by atoms with van der Waals surface area (Å²) in [6.07, 6.45) is 0. The first-order valence-electron chi connectivity index (χ1n) is 4.27. The monoisotopic (exact) mass is 257 g/mol. The number of anilines is 1. The maximum atomic E-state index is 13.1. The molecule has 0 saturated heterocycles. The Balaban J connectivity index is 2.20. The minimum Gasteiger partial charge on any atom is -0.354 e. The summed E-state index contributed by atoms with van der Waals surface area (Å²) in [5.74, 6) is 0.407. The third-order valence-electron chi connectivity index (χ3n) is 1.88. The second-order valence-electron chi connectivity index (χ2n) is 2.88. The van der Waals surface area contributed by atoms with Crippen LogP contribution in [0.5, 0.6) is 0 Å². The molecule has 0 amide bonds. The zero-order valence-electron chi connectivity index (χ0n) is 7.35. The Labute approximate surface area is 89.5 Å². The van der Waals surface area contributed by atoms with Gasteiger partial charge in [-0.3, -0.25) is 4.99 Å². The molecule has 0 aliphatic carbocycles. The highest BCUT2D eigenvalue weighted by atomic mass is 79.9. The lowest BCUT2D eigenvalue weighted by molar-refractivity contribution is 0.622. The van der Waals surface area contributed by atoms with Crippen molar-refractivity contribution in [2.75, 3.05) is 18.4 Å². The van der Waals surface area contributed by atoms with E-state index >= 15 is 0 Å². The van der Waals surface area contributed by atoms with E-state index in [1.165, 1.54) is 6.07 Å². The van der Waals surface area contributed by atoms with Gasteiger partial charge < -0.3 is 10.6 Å². The van der Waals surface area contributed by atoms with Gasteiger partial charge in [0.2, 0.25) is 0 Å². The van der Waals surface area contributed by atoms with Crippen LogP contribution in [0.15, 0.2) is 27.7 Å². The summed E-state index contributed by atoms with van der Waals surface area (Å²) in [6.45, 7) is 1.59. The summed E-state index contributed by atoms with van der Waals surface area (Å²) in [6, 6.07) is 4.84. The summed E-state index contributed by atoms with van der Waals surface area (Å²) >= 11 is 3.17. The van der Waals surface area contributed by atoms with Crippen molar-refractivity contribution in [1.29, 1.82) is 0 Å². The summed E-state index contributed by atoms with van der Waals surface area (Å²) in [5.41, 5.74) is 0.679. The SMILES string of the molecule is Fc1cccc(NC2=NCCN2)c1Br. The van der Waals surface area contributed by atoms with E-state index in [1.54, 1.807) is 12.1 Å². The highest BCUT2D eigenvalue weighted by molar-refractivity contribution is 9.10. The molecule has 0 saturated carbocycles. The number of benzene rings is 1. The van der Waals surface area contributed by atoms with Gasteiger partial charge in [0.05, 0.1) is 16.7 Å². The number of halogens is 2. The number of aliphatic imine (C=N–C) groups is 1. The van der Waals surface area contributed by atoms with Crippen LogP contribution in [0, 0.1) is 5.82 Å². The van der Waals surface area contributed by atoms with Gasteiger partial charge in [-0.1, -0.05) is 6.07 Å². The lowest BCUT2D eigenvalue weighted by Crippen LogP contribution is -2.26. The maximum absolute atomic E-state index is 13.1. The van der Waals surface area contributed by atoms with Crippen LogP contribution in [0.1, 0.15) is 0 Å². The Morgan fingerprint density at radius 1 is 1.50 bits per heavy atom. The number of nitrogens with zero attached hydrogens (tertiary/aromatic N) is 1. The second kappa shape index (κ2) is 3.96. The van der Waals surface area contributed by atoms with E-state index in [1.807, 2.05) is 0 Å². The average molecular weight is 258 g/mol. The number of rotatable bonds is 1. The third-order valence-corrected chi connectivity index (χ3v) is 2.68. The van der Waals surface area contributed by atoms with Crippen molar-refractivity contribution in [2.45, 2.75) is 0 Å². The van der Waals surface area contributed by atoms with Gasteiger partial charge in [-0.25, -0.2) is 4.39 Å². The fourth-order valence-electron chi connectivity index (χ4n) is 1.21. The first kappa shape index (κ1) is 9.45. The highest BCUT2D eigenvalue weighted by Gasteiger charge is 2.09. The highest BCUT2D eigenvalue weighted by Crippen LogP contribution is 2.24. The largest absolute Gasteiger partial charge is 0.354 e. The molecule has 0 fully saturated rings. The Kier molecular flexibility index (Phi) is 2.67. The molecule has 1 aromatic rings. The first-order valence-corrected chi connectivity index (χ1v) is 5.06. The number of hydrogen-bond acceptors (Lipinski definition) is 3. The van der Waals surface area contributed by atoms with E-state index in [2.05, 4.69) is 31.6 Å². The van der Waals surface area contributed by atoms with E-state index in [4.69, 9.17) is 0 Å². The van der Waals surface area contributed by atoms with E-state index < -0.39 is 0 Å². The summed E-state index contributed by atoms with van der Waals surface area (Å²) in [5, 5.41) is 6.05. The molecular weight excluding hydrogens is 249 g/mol. The molecule has 0 unspecified atom stereocenters. The predicted octanol–water partition coefficient (Wildman–Crippen LogP) is 1.96. The number of nitrogens with one attached hydrogen (secondary N) is 2. The molecule has 2 rings (SSSR count). The third kappa shape index (κ3) is 1.87. The molecule has 1 aliphatic heterocycles. The van der Waals surface area contributed by atoms with Gasteiger partial charge in [0.25, 0.3) is 0 Å². The number of hydrogen-bond donors (Lipinski definition) is 2. The van der Waals surface area contributed by atoms with Crippen molar-refractivity contribution < 1.29 is 4.39 Å². The van der Waals surface area contributed by atoms with Crippen LogP contribution in [0.2, 0.25) is 0 Å². The fraction of sp³-hybridized carbons (Fsp3) is 0.222. The zero-order valence-corrected chi connectivity index (χ0v) is 8.94. The van der Waals surface area contributed by atoms with Gasteiger partial charge in [-0.2, -0.15) is 0 Å². The van der Waals surface area contributed by atoms with Gasteiger partial charge in [-0.15, -0.1) is 0 Å². The standard InChI is InChI=1S/C9H9BrFN3/c10-8-6(11)2-1-3-7(8)14-9-12-4-5-13-9/h1-3H,4-5H2,(H2,12,13,14). The van der Waals surface area contributed by atoms with Crippen molar-refractivity contribution >= 4 is 27.6 Å². The maximum Gasteiger partial charge on any atom is 0.195 e. The molecule has 0 aromatic heterocycles. The van der Waals surface area contributed by atoms with Gasteiger partial charge >= 0.3 is 0 Å². The molecule has 0 radical (unpaired) electrons. The molecule has 1 aromatic carbocycles. The molecule has 5 heteroatoms. The Morgan fingerprint density at radius 2 is 2.36 bits per heavy atom. The smallest absolute Gasteiger partial charge is 0.195 e. The molecule has 1 heterocycles. The molecule has 1 aliphatic rings. The van der Waals surface area contributed by atoms with Crippen LogP contribution in [0.25, 0.3) is 0 Å². The summed E-state index contributed by atoms with van der Waals surface area (Å²) < 4.78 is 13.5. The minimum absolute atomic E-state index is 0.284. The summed E-state index contributed by atoms with van der Waals surface area (Å²) in [4.78, 5) is 4.15. The lowest BCUT2D eigenvalue weighted by Gasteiger charge is -2.08. The van der Waals surface area contributed by atoms with Crippen molar-refractivity contribution in [3.63, 3.8) is 0 Å². The second-order valence-corrected chi connectivity index (χ2v) is 3.68. The van der Waals surface area contributed by atoms with Crippen LogP contribution in [-0.2, 0) is 0 Å². The van der Waals surface area contributed by atoms with Crippen LogP contribution in [-0.4, -0.2) is 19.0 Å². The zero-order chi connectivity index (χ0) is 9.97. The van der Waals surface area contributed by atoms with Gasteiger partial charge in [0.15, 0.2) is 5.96 Å². The number of guanidine groups is 1. The molecule has 0 spiro atoms. The van der Waals surface area contributed by atoms with E-state index in [-0.39, 0.29) is 5.82 Å². The van der Waals surface area contributed by atoms with Crippen LogP contribution in [0.4, 0.5) is 10.1 Å². The van der Waals surface area contributed by atoms with Crippen LogP contribution in [0.3, 0.4) is 0 Å². The lowest BCUT2D eigenvalue weighted by atomic mass is 10.3. The normalized spacial score (nSPS) is 14.9. The van der Waals surface area contributed by atoms with Crippen molar-refractivity contribution in [3.8, 4) is 0 Å². The molecule has 0 atom stereocenters. The van der Waals surface area contributed by atoms with Crippen LogP contribution >= 0.6 is 15.9 Å². The van der Waals surface area contributed by atoms with Crippen molar-refractivity contribution in [3.05, 3.63) is 28.5 Å². The predicted molar refractivity (Wildman–Crippen MR) is 58.0 cm³/mol. The Bertz CT molecular complexity index is 378. The average Bonchev–Trinajstić information content (AvgIpc) is 2.66. The fourth-order valence-corrected chi connectivity index (χ4v) is 1.57. The van der Waals surface area contributed by atoms with Crippen LogP contribution < -0.4 is 10.6 Å². The van der Waals surface area contributed by atoms with E-state index in [0.717, 1.165) is 13.1 Å². The molecule has 3 nitrogen and oxygen atoms in total. The minimum atomic E-state index is -0.284. The van der Waals surface area contributed by atoms with Gasteiger partial charge in [-0.05, 0) is 28.1 Å². The van der Waals surface area contributed by atoms with E-state index in [9.17, 15) is 4.39 Å². The van der Waals surface area contributed by atoms with E-state index in [0.29, 0.717) is 16.1 Å². The molecular formula is C9H9BrFN3. The molecule has 0 bridgehead atoms. The molecule has 2 N–H and O–H groups in total. The topological polar surface area (TPSA) is 36.4 Å². The van der Waals surface area contributed by atoms with Gasteiger partial charge in [0, 0.05) is 6.54 Å². The molecule has 74 valence electrons. The van der Waals surface area contributed by atoms with Crippen molar-refractivity contribution in [1.82, 2.24) is 5.32 Å². The quantitative estimate of drug-likeness (QED) is 0.807. The Hall–Kier alpha value is -1.10. The molecule has 14 heavy (non-hydrogen) atoms. The van der Waals surface area contributed by atoms with Gasteiger partial charge in [0.1, 0.15) is 5.82 Å². The van der Waals surface area contributed by atoms with Crippen molar-refractivity contribution in [2.24, 2.45) is 4.99 Å². The first-order chi connectivity index (χ1) is 6.77.